The summed E-state index contributed by atoms with van der Waals surface area (Å²) < 4.78 is 14.9. The fraction of sp³-hybridized carbons (Fsp3) is 0.909. The number of amides is 1. The van der Waals surface area contributed by atoms with Crippen molar-refractivity contribution in [2.24, 2.45) is 5.73 Å². The van der Waals surface area contributed by atoms with E-state index in [9.17, 15) is 4.79 Å². The van der Waals surface area contributed by atoms with Crippen molar-refractivity contribution in [1.82, 2.24) is 4.90 Å². The lowest BCUT2D eigenvalue weighted by Crippen LogP contribution is -2.51. The predicted octanol–water partition coefficient (Wildman–Crippen LogP) is -0.530. The Hall–Kier alpha value is -0.690. The molecule has 0 aliphatic carbocycles. The van der Waals surface area contributed by atoms with Crippen LogP contribution in [0.2, 0.25) is 0 Å². The minimum Gasteiger partial charge on any atom is -0.383 e. The van der Waals surface area contributed by atoms with E-state index in [-0.39, 0.29) is 18.6 Å². The van der Waals surface area contributed by atoms with Crippen molar-refractivity contribution in [1.29, 1.82) is 0 Å². The molecule has 0 aromatic carbocycles. The molecule has 2 N–H and O–H groups in total. The second-order valence-electron chi connectivity index (χ2n) is 3.89. The minimum atomic E-state index is -0.642. The first-order valence-corrected chi connectivity index (χ1v) is 5.61. The van der Waals surface area contributed by atoms with Crippen molar-refractivity contribution in [3.8, 4) is 0 Å². The molecule has 102 valence electrons. The van der Waals surface area contributed by atoms with Crippen molar-refractivity contribution in [2.75, 3.05) is 47.7 Å². The Kier molecular flexibility index (Phi) is 8.97. The van der Waals surface area contributed by atoms with E-state index in [0.717, 1.165) is 0 Å². The number of hydrogen-bond donors (Lipinski definition) is 1. The maximum Gasteiger partial charge on any atom is 0.242 e. The first-order valence-electron chi connectivity index (χ1n) is 5.61. The zero-order valence-electron chi connectivity index (χ0n) is 11.1. The van der Waals surface area contributed by atoms with Gasteiger partial charge >= 0.3 is 0 Å². The van der Waals surface area contributed by atoms with Crippen LogP contribution in [0, 0.1) is 0 Å². The molecule has 0 aliphatic rings. The van der Waals surface area contributed by atoms with Crippen LogP contribution in [0.3, 0.4) is 0 Å². The molecule has 0 aromatic rings. The van der Waals surface area contributed by atoms with Gasteiger partial charge in [0, 0.05) is 27.9 Å². The van der Waals surface area contributed by atoms with E-state index in [1.165, 1.54) is 7.11 Å². The van der Waals surface area contributed by atoms with E-state index in [1.54, 1.807) is 19.1 Å². The van der Waals surface area contributed by atoms with Gasteiger partial charge in [-0.2, -0.15) is 0 Å². The molecule has 0 heterocycles. The Morgan fingerprint density at radius 3 is 2.24 bits per heavy atom. The number of nitrogens with zero attached hydrogens (tertiary/aromatic N) is 1. The summed E-state index contributed by atoms with van der Waals surface area (Å²) >= 11 is 0. The lowest BCUT2D eigenvalue weighted by Gasteiger charge is -2.30. The van der Waals surface area contributed by atoms with Crippen LogP contribution in [0.4, 0.5) is 0 Å². The van der Waals surface area contributed by atoms with Gasteiger partial charge in [-0.25, -0.2) is 0 Å². The van der Waals surface area contributed by atoms with E-state index >= 15 is 0 Å². The second-order valence-corrected chi connectivity index (χ2v) is 3.89. The summed E-state index contributed by atoms with van der Waals surface area (Å²) in [6.45, 7) is 3.56. The van der Waals surface area contributed by atoms with Gasteiger partial charge < -0.3 is 24.8 Å². The highest BCUT2D eigenvalue weighted by Crippen LogP contribution is 2.03. The third-order valence-corrected chi connectivity index (χ3v) is 2.42. The Morgan fingerprint density at radius 1 is 1.18 bits per heavy atom. The van der Waals surface area contributed by atoms with E-state index in [1.807, 2.05) is 6.92 Å². The summed E-state index contributed by atoms with van der Waals surface area (Å²) in [6.07, 6.45) is 0. The molecule has 0 rings (SSSR count). The molecule has 2 unspecified atom stereocenters. The summed E-state index contributed by atoms with van der Waals surface area (Å²) in [6, 6.07) is -0.679. The molecule has 6 heteroatoms. The van der Waals surface area contributed by atoms with Crippen LogP contribution in [-0.2, 0) is 19.0 Å². The molecule has 0 bridgehead atoms. The molecule has 0 fully saturated rings. The molecule has 6 nitrogen and oxygen atoms in total. The number of carbonyl (C=O) groups is 1. The molecule has 0 aliphatic heterocycles. The Morgan fingerprint density at radius 2 is 1.76 bits per heavy atom. The highest BCUT2D eigenvalue weighted by Gasteiger charge is 2.24. The topological polar surface area (TPSA) is 74.0 Å². The van der Waals surface area contributed by atoms with Crippen molar-refractivity contribution < 1.29 is 19.0 Å². The maximum atomic E-state index is 12.1. The number of carbonyl (C=O) groups excluding carboxylic acids is 1. The average Bonchev–Trinajstić information content (AvgIpc) is 2.30. The molecular weight excluding hydrogens is 224 g/mol. The summed E-state index contributed by atoms with van der Waals surface area (Å²) in [4.78, 5) is 13.7. The lowest BCUT2D eigenvalue weighted by molar-refractivity contribution is -0.137. The maximum absolute atomic E-state index is 12.1. The van der Waals surface area contributed by atoms with Gasteiger partial charge in [0.15, 0.2) is 0 Å². The standard InChI is InChI=1S/C11H24N2O4/c1-9(7-16-3)13(5-6-15-2)11(14)10(12)8-17-4/h9-10H,5-8,12H2,1-4H3. The molecule has 0 aromatic heterocycles. The average molecular weight is 248 g/mol. The fourth-order valence-electron chi connectivity index (χ4n) is 1.53. The highest BCUT2D eigenvalue weighted by molar-refractivity contribution is 5.82. The zero-order chi connectivity index (χ0) is 13.3. The first-order chi connectivity index (χ1) is 8.08. The Labute approximate surface area is 103 Å². The number of rotatable bonds is 9. The molecule has 2 atom stereocenters. The quantitative estimate of drug-likeness (QED) is 0.594. The smallest absolute Gasteiger partial charge is 0.242 e. The number of hydrogen-bond acceptors (Lipinski definition) is 5. The van der Waals surface area contributed by atoms with Gasteiger partial charge in [-0.15, -0.1) is 0 Å². The van der Waals surface area contributed by atoms with Gasteiger partial charge in [0.1, 0.15) is 6.04 Å². The van der Waals surface area contributed by atoms with Gasteiger partial charge in [0.25, 0.3) is 0 Å². The van der Waals surface area contributed by atoms with Crippen molar-refractivity contribution >= 4 is 5.91 Å². The van der Waals surface area contributed by atoms with E-state index in [4.69, 9.17) is 19.9 Å². The fourth-order valence-corrected chi connectivity index (χ4v) is 1.53. The molecular formula is C11H24N2O4. The summed E-state index contributed by atoms with van der Waals surface area (Å²) in [5.41, 5.74) is 5.74. The third-order valence-electron chi connectivity index (χ3n) is 2.42. The first kappa shape index (κ1) is 16.3. The molecule has 1 amide bonds. The van der Waals surface area contributed by atoms with Crippen molar-refractivity contribution in [3.63, 3.8) is 0 Å². The lowest BCUT2D eigenvalue weighted by atomic mass is 10.2. The van der Waals surface area contributed by atoms with Crippen LogP contribution >= 0.6 is 0 Å². The van der Waals surface area contributed by atoms with Gasteiger partial charge in [-0.3, -0.25) is 4.79 Å². The van der Waals surface area contributed by atoms with Crippen LogP contribution < -0.4 is 5.73 Å². The number of nitrogens with two attached hydrogens (primary N) is 1. The highest BCUT2D eigenvalue weighted by atomic mass is 16.5. The third kappa shape index (κ3) is 5.97. The van der Waals surface area contributed by atoms with Crippen LogP contribution in [0.25, 0.3) is 0 Å². The molecule has 0 saturated heterocycles. The SMILES string of the molecule is COCCN(C(=O)C(N)COC)C(C)COC. The van der Waals surface area contributed by atoms with Gasteiger partial charge in [0.05, 0.1) is 25.9 Å². The molecule has 0 saturated carbocycles. The van der Waals surface area contributed by atoms with Crippen LogP contribution in [0.15, 0.2) is 0 Å². The van der Waals surface area contributed by atoms with E-state index in [0.29, 0.717) is 19.8 Å². The van der Waals surface area contributed by atoms with Crippen molar-refractivity contribution in [3.05, 3.63) is 0 Å². The van der Waals surface area contributed by atoms with Crippen LogP contribution in [0.5, 0.6) is 0 Å². The van der Waals surface area contributed by atoms with Gasteiger partial charge in [-0.1, -0.05) is 0 Å². The largest absolute Gasteiger partial charge is 0.383 e. The van der Waals surface area contributed by atoms with Crippen LogP contribution in [-0.4, -0.2) is 70.6 Å². The normalized spacial score (nSPS) is 14.4. The Balaban J connectivity index is 4.48. The van der Waals surface area contributed by atoms with E-state index < -0.39 is 6.04 Å². The predicted molar refractivity (Wildman–Crippen MR) is 64.8 cm³/mol. The zero-order valence-corrected chi connectivity index (χ0v) is 11.1. The minimum absolute atomic E-state index is 0.0365. The summed E-state index contributed by atoms with van der Waals surface area (Å²) in [7, 11) is 4.72. The second kappa shape index (κ2) is 9.35. The monoisotopic (exact) mass is 248 g/mol. The summed E-state index contributed by atoms with van der Waals surface area (Å²) in [5, 5.41) is 0. The van der Waals surface area contributed by atoms with Gasteiger partial charge in [0.2, 0.25) is 5.91 Å². The van der Waals surface area contributed by atoms with Gasteiger partial charge in [-0.05, 0) is 6.92 Å². The summed E-state index contributed by atoms with van der Waals surface area (Å²) in [5.74, 6) is -0.145. The Bertz CT molecular complexity index is 214. The number of ether oxygens (including phenoxy) is 3. The van der Waals surface area contributed by atoms with Crippen molar-refractivity contribution in [2.45, 2.75) is 19.0 Å². The number of methoxy groups -OCH3 is 3. The molecule has 0 spiro atoms. The van der Waals surface area contributed by atoms with Crippen LogP contribution in [0.1, 0.15) is 6.92 Å². The van der Waals surface area contributed by atoms with E-state index in [2.05, 4.69) is 0 Å². The molecule has 0 radical (unpaired) electrons. The molecule has 17 heavy (non-hydrogen) atoms.